The molecule has 5 fully saturated rings. The zero-order valence-corrected chi connectivity index (χ0v) is 35.5. The van der Waals surface area contributed by atoms with Crippen LogP contribution in [0.4, 0.5) is 0 Å². The van der Waals surface area contributed by atoms with Crippen molar-refractivity contribution >= 4 is 23.9 Å². The maximum absolute atomic E-state index is 13.4. The molecular weight excluding hydrogens is 680 g/mol. The Labute approximate surface area is 326 Å². The summed E-state index contributed by atoms with van der Waals surface area (Å²) in [6, 6.07) is 0. The Kier molecular flexibility index (Phi) is 11.8. The average molecular weight is 755 g/mol. The second-order valence-electron chi connectivity index (χ2n) is 21.4. The van der Waals surface area contributed by atoms with Gasteiger partial charge in [-0.2, -0.15) is 0 Å². The van der Waals surface area contributed by atoms with Crippen LogP contribution in [0.2, 0.25) is 0 Å². The van der Waals surface area contributed by atoms with E-state index in [1.807, 2.05) is 27.7 Å². The van der Waals surface area contributed by atoms with Crippen molar-refractivity contribution in [3.05, 3.63) is 12.2 Å². The lowest BCUT2D eigenvalue weighted by atomic mass is 9.32. The quantitative estimate of drug-likeness (QED) is 0.133. The molecule has 0 radical (unpaired) electrons. The highest BCUT2D eigenvalue weighted by atomic mass is 16.5. The second kappa shape index (κ2) is 14.8. The first-order chi connectivity index (χ1) is 24.9. The summed E-state index contributed by atoms with van der Waals surface area (Å²) in [5.74, 6) is -0.0168. The van der Waals surface area contributed by atoms with Gasteiger partial charge < -0.3 is 19.7 Å². The Bertz CT molecular complexity index is 1480. The Balaban J connectivity index is 1.36. The molecule has 0 aromatic heterocycles. The first-order valence-electron chi connectivity index (χ1n) is 21.4. The van der Waals surface area contributed by atoms with E-state index in [0.29, 0.717) is 49.0 Å². The number of hydrogen-bond acceptors (Lipinski definition) is 6. The summed E-state index contributed by atoms with van der Waals surface area (Å²) in [4.78, 5) is 49.9. The SMILES string of the molecule is C=C(C)[C@@H]1CC[C@]2(COC(=O)CC(C)(CC)CC(=O)O)CC[C@]3(C)[C@H](CC[C@@H]4[C@@]5(C)CC[C@H](OC(=O)CC(C)(CC)CC(=O)O)C(C)(C)[C@@H]5CC[C@]43C)[C@@H]12. The Morgan fingerprint density at radius 3 is 1.85 bits per heavy atom. The number of carboxylic acid groups (broad SMARTS) is 2. The van der Waals surface area contributed by atoms with Gasteiger partial charge in [-0.05, 0) is 141 Å². The number of ether oxygens (including phenoxy) is 2. The summed E-state index contributed by atoms with van der Waals surface area (Å²) in [6.07, 6.45) is 11.9. The van der Waals surface area contributed by atoms with Crippen molar-refractivity contribution in [3.8, 4) is 0 Å². The van der Waals surface area contributed by atoms with Crippen molar-refractivity contribution in [1.29, 1.82) is 0 Å². The number of rotatable bonds is 14. The van der Waals surface area contributed by atoms with E-state index in [4.69, 9.17) is 9.47 Å². The Hall–Kier alpha value is -2.38. The summed E-state index contributed by atoms with van der Waals surface area (Å²) in [5.41, 5.74) is 0.133. The molecule has 5 saturated carbocycles. The number of hydrogen-bond donors (Lipinski definition) is 2. The third-order valence-electron chi connectivity index (χ3n) is 18.0. The highest BCUT2D eigenvalue weighted by Crippen LogP contribution is 2.77. The lowest BCUT2D eigenvalue weighted by Crippen LogP contribution is -2.67. The fraction of sp³-hybridized carbons (Fsp3) is 0.870. The van der Waals surface area contributed by atoms with Crippen LogP contribution >= 0.6 is 0 Å². The van der Waals surface area contributed by atoms with Crippen LogP contribution in [0.25, 0.3) is 0 Å². The van der Waals surface area contributed by atoms with Crippen LogP contribution in [0.3, 0.4) is 0 Å². The normalized spacial score (nSPS) is 40.3. The fourth-order valence-corrected chi connectivity index (χ4v) is 14.2. The van der Waals surface area contributed by atoms with Crippen molar-refractivity contribution in [1.82, 2.24) is 0 Å². The molecule has 12 atom stereocenters. The van der Waals surface area contributed by atoms with Crippen LogP contribution < -0.4 is 0 Å². The van der Waals surface area contributed by atoms with Crippen molar-refractivity contribution in [2.75, 3.05) is 6.61 Å². The highest BCUT2D eigenvalue weighted by Gasteiger charge is 2.71. The third-order valence-corrected chi connectivity index (χ3v) is 18.0. The molecule has 0 aliphatic heterocycles. The van der Waals surface area contributed by atoms with E-state index in [1.54, 1.807) is 0 Å². The Morgan fingerprint density at radius 2 is 1.30 bits per heavy atom. The van der Waals surface area contributed by atoms with Crippen molar-refractivity contribution in [3.63, 3.8) is 0 Å². The number of fused-ring (bicyclic) bond motifs is 7. The van der Waals surface area contributed by atoms with Gasteiger partial charge in [0.25, 0.3) is 0 Å². The molecule has 0 bridgehead atoms. The molecule has 8 heteroatoms. The average Bonchev–Trinajstić information content (AvgIpc) is 3.45. The van der Waals surface area contributed by atoms with E-state index in [9.17, 15) is 29.4 Å². The van der Waals surface area contributed by atoms with Gasteiger partial charge in [0.1, 0.15) is 6.10 Å². The second-order valence-corrected chi connectivity index (χ2v) is 21.4. The van der Waals surface area contributed by atoms with Crippen LogP contribution in [0, 0.1) is 67.5 Å². The van der Waals surface area contributed by atoms with Gasteiger partial charge in [-0.3, -0.25) is 19.2 Å². The molecule has 8 nitrogen and oxygen atoms in total. The number of aliphatic carboxylic acids is 2. The number of carbonyl (C=O) groups is 4. The molecule has 2 N–H and O–H groups in total. The summed E-state index contributed by atoms with van der Waals surface area (Å²) in [6.45, 7) is 27.2. The van der Waals surface area contributed by atoms with Gasteiger partial charge in [0.15, 0.2) is 0 Å². The van der Waals surface area contributed by atoms with Crippen LogP contribution in [0.5, 0.6) is 0 Å². The van der Waals surface area contributed by atoms with Gasteiger partial charge in [0.05, 0.1) is 32.3 Å². The van der Waals surface area contributed by atoms with E-state index in [0.717, 1.165) is 57.8 Å². The number of carboxylic acids is 2. The van der Waals surface area contributed by atoms with E-state index >= 15 is 0 Å². The molecule has 0 aromatic rings. The summed E-state index contributed by atoms with van der Waals surface area (Å²) in [5, 5.41) is 19.0. The lowest BCUT2D eigenvalue weighted by Gasteiger charge is -2.73. The molecule has 5 aliphatic carbocycles. The molecule has 5 rings (SSSR count). The maximum atomic E-state index is 13.4. The molecular formula is C46H74O8. The topological polar surface area (TPSA) is 127 Å². The monoisotopic (exact) mass is 755 g/mol. The highest BCUT2D eigenvalue weighted by molar-refractivity contribution is 5.74. The van der Waals surface area contributed by atoms with Gasteiger partial charge in [-0.1, -0.05) is 74.5 Å². The van der Waals surface area contributed by atoms with Gasteiger partial charge in [-0.25, -0.2) is 0 Å². The minimum Gasteiger partial charge on any atom is -0.481 e. The molecule has 306 valence electrons. The van der Waals surface area contributed by atoms with Crippen LogP contribution in [-0.4, -0.2) is 46.8 Å². The van der Waals surface area contributed by atoms with Crippen LogP contribution in [0.1, 0.15) is 172 Å². The van der Waals surface area contributed by atoms with Crippen molar-refractivity contribution < 1.29 is 38.9 Å². The van der Waals surface area contributed by atoms with Gasteiger partial charge in [0, 0.05) is 10.8 Å². The first-order valence-corrected chi connectivity index (χ1v) is 21.4. The minimum atomic E-state index is -0.881. The molecule has 0 aromatic carbocycles. The molecule has 0 saturated heterocycles. The number of esters is 2. The predicted molar refractivity (Wildman–Crippen MR) is 210 cm³/mol. The minimum absolute atomic E-state index is 0.0410. The lowest BCUT2D eigenvalue weighted by molar-refractivity contribution is -0.252. The number of carbonyl (C=O) groups excluding carboxylic acids is 2. The van der Waals surface area contributed by atoms with E-state index in [-0.39, 0.29) is 70.8 Å². The van der Waals surface area contributed by atoms with Crippen LogP contribution in [0.15, 0.2) is 12.2 Å². The van der Waals surface area contributed by atoms with Gasteiger partial charge in [-0.15, -0.1) is 0 Å². The third kappa shape index (κ3) is 7.32. The summed E-state index contributed by atoms with van der Waals surface area (Å²) >= 11 is 0. The largest absolute Gasteiger partial charge is 0.481 e. The van der Waals surface area contributed by atoms with Gasteiger partial charge in [0.2, 0.25) is 0 Å². The fourth-order valence-electron chi connectivity index (χ4n) is 14.2. The number of allylic oxidation sites excluding steroid dienone is 1. The molecule has 5 aliphatic rings. The molecule has 2 unspecified atom stereocenters. The van der Waals surface area contributed by atoms with E-state index in [2.05, 4.69) is 48.1 Å². The van der Waals surface area contributed by atoms with E-state index in [1.165, 1.54) is 12.0 Å². The Morgan fingerprint density at radius 1 is 0.704 bits per heavy atom. The zero-order chi connectivity index (χ0) is 40.3. The molecule has 0 amide bonds. The predicted octanol–water partition coefficient (Wildman–Crippen LogP) is 10.7. The van der Waals surface area contributed by atoms with Crippen molar-refractivity contribution in [2.45, 2.75) is 178 Å². The molecule has 0 spiro atoms. The molecule has 0 heterocycles. The smallest absolute Gasteiger partial charge is 0.306 e. The summed E-state index contributed by atoms with van der Waals surface area (Å²) in [7, 11) is 0. The van der Waals surface area contributed by atoms with E-state index < -0.39 is 22.8 Å². The maximum Gasteiger partial charge on any atom is 0.306 e. The summed E-state index contributed by atoms with van der Waals surface area (Å²) < 4.78 is 12.5. The van der Waals surface area contributed by atoms with Crippen LogP contribution in [-0.2, 0) is 28.7 Å². The first kappa shape index (κ1) is 42.8. The standard InChI is InChI=1S/C46H74O8/c1-12-41(7,24-35(47)48)26-37(51)53-28-46-21-16-30(29(3)4)39(46)31-14-15-33-43(9)19-18-34(54-38(52)27-42(8,13-2)25-36(49)50)40(5,6)32(43)17-20-45(33,11)44(31,10)22-23-46/h30-34,39H,3,12-28H2,1-2,4-11H3,(H,47,48)(H,49,50)/t30-,31+,32-,33+,34-,39+,41?,42?,43-,44+,45+,46+/m0/s1. The zero-order valence-electron chi connectivity index (χ0n) is 35.5. The van der Waals surface area contributed by atoms with Gasteiger partial charge >= 0.3 is 23.9 Å². The van der Waals surface area contributed by atoms with Crippen molar-refractivity contribution in [2.24, 2.45) is 67.5 Å². The molecule has 54 heavy (non-hydrogen) atoms.